The summed E-state index contributed by atoms with van der Waals surface area (Å²) in [6, 6.07) is 6.30. The summed E-state index contributed by atoms with van der Waals surface area (Å²) >= 11 is 0. The molecule has 2 aromatic rings. The van der Waals surface area contributed by atoms with Gasteiger partial charge in [-0.2, -0.15) is 4.98 Å². The van der Waals surface area contributed by atoms with Crippen molar-refractivity contribution in [3.63, 3.8) is 0 Å². The van der Waals surface area contributed by atoms with Gasteiger partial charge in [0.1, 0.15) is 11.9 Å². The van der Waals surface area contributed by atoms with Crippen molar-refractivity contribution in [1.29, 1.82) is 0 Å². The number of ether oxygens (including phenoxy) is 2. The molecule has 22 heavy (non-hydrogen) atoms. The van der Waals surface area contributed by atoms with Crippen LogP contribution in [0.5, 0.6) is 5.75 Å². The average Bonchev–Trinajstić information content (AvgIpc) is 3.28. The van der Waals surface area contributed by atoms with E-state index >= 15 is 0 Å². The van der Waals surface area contributed by atoms with Crippen molar-refractivity contribution in [2.24, 2.45) is 5.92 Å². The minimum atomic E-state index is -0.0190. The fourth-order valence-electron chi connectivity index (χ4n) is 3.06. The molecule has 1 aliphatic carbocycles. The van der Waals surface area contributed by atoms with Gasteiger partial charge >= 0.3 is 0 Å². The van der Waals surface area contributed by atoms with E-state index in [0.29, 0.717) is 24.1 Å². The van der Waals surface area contributed by atoms with Gasteiger partial charge in [0.2, 0.25) is 11.7 Å². The van der Waals surface area contributed by atoms with Crippen LogP contribution in [0, 0.1) is 5.92 Å². The summed E-state index contributed by atoms with van der Waals surface area (Å²) in [6.07, 6.45) is 5.17. The second-order valence-electron chi connectivity index (χ2n) is 6.11. The first-order valence-electron chi connectivity index (χ1n) is 7.93. The highest BCUT2D eigenvalue weighted by Crippen LogP contribution is 2.42. The lowest BCUT2D eigenvalue weighted by Gasteiger charge is -2.17. The molecule has 1 aliphatic heterocycles. The minimum absolute atomic E-state index is 0.0190. The molecule has 5 heteroatoms. The molecule has 1 aromatic heterocycles. The normalized spacial score (nSPS) is 18.6. The molecule has 0 bridgehead atoms. The molecule has 0 N–H and O–H groups in total. The maximum atomic E-state index is 5.64. The predicted molar refractivity (Wildman–Crippen MR) is 79.8 cm³/mol. The van der Waals surface area contributed by atoms with Crippen molar-refractivity contribution in [3.8, 4) is 5.75 Å². The van der Waals surface area contributed by atoms with Gasteiger partial charge in [-0.15, -0.1) is 0 Å². The van der Waals surface area contributed by atoms with E-state index in [4.69, 9.17) is 14.0 Å². The average molecular weight is 300 g/mol. The lowest BCUT2D eigenvalue weighted by Crippen LogP contribution is -2.08. The molecule has 1 atom stereocenters. The van der Waals surface area contributed by atoms with Gasteiger partial charge < -0.3 is 14.0 Å². The summed E-state index contributed by atoms with van der Waals surface area (Å²) in [5, 5.41) is 4.10. The van der Waals surface area contributed by atoms with Gasteiger partial charge in [0.25, 0.3) is 0 Å². The highest BCUT2D eigenvalue weighted by molar-refractivity contribution is 5.39. The molecule has 5 nitrogen and oxygen atoms in total. The zero-order chi connectivity index (χ0) is 14.9. The molecule has 116 valence electrons. The number of aromatic nitrogens is 2. The van der Waals surface area contributed by atoms with Gasteiger partial charge in [0.15, 0.2) is 0 Å². The maximum absolute atomic E-state index is 5.64. The highest BCUT2D eigenvalue weighted by atomic mass is 16.5. The van der Waals surface area contributed by atoms with Gasteiger partial charge in [-0.05, 0) is 48.8 Å². The fourth-order valence-corrected chi connectivity index (χ4v) is 3.06. The number of hydrogen-bond donors (Lipinski definition) is 0. The van der Waals surface area contributed by atoms with E-state index in [0.717, 1.165) is 25.2 Å². The number of benzene rings is 1. The number of hydrogen-bond acceptors (Lipinski definition) is 5. The van der Waals surface area contributed by atoms with Crippen LogP contribution in [0.15, 0.2) is 22.7 Å². The van der Waals surface area contributed by atoms with Crippen molar-refractivity contribution in [2.75, 3.05) is 13.7 Å². The molecular formula is C17H20N2O3. The van der Waals surface area contributed by atoms with Crippen molar-refractivity contribution in [3.05, 3.63) is 41.0 Å². The van der Waals surface area contributed by atoms with Crippen LogP contribution in [0.3, 0.4) is 0 Å². The SMILES string of the molecule is COC(c1noc(Cc2ccc3c(c2)CCCO3)n1)C1CC1. The Morgan fingerprint density at radius 3 is 3.09 bits per heavy atom. The van der Waals surface area contributed by atoms with E-state index in [2.05, 4.69) is 22.3 Å². The van der Waals surface area contributed by atoms with Crippen LogP contribution in [0.2, 0.25) is 0 Å². The maximum Gasteiger partial charge on any atom is 0.231 e. The number of nitrogens with zero attached hydrogens (tertiary/aromatic N) is 2. The quantitative estimate of drug-likeness (QED) is 0.849. The van der Waals surface area contributed by atoms with E-state index < -0.39 is 0 Å². The third kappa shape index (κ3) is 2.73. The predicted octanol–water partition coefficient (Wildman–Crippen LogP) is 3.08. The van der Waals surface area contributed by atoms with E-state index in [1.165, 1.54) is 24.0 Å². The molecule has 4 rings (SSSR count). The molecule has 1 fully saturated rings. The second-order valence-corrected chi connectivity index (χ2v) is 6.11. The van der Waals surface area contributed by atoms with Gasteiger partial charge in [-0.1, -0.05) is 17.3 Å². The molecule has 1 saturated carbocycles. The van der Waals surface area contributed by atoms with E-state index in [9.17, 15) is 0 Å². The van der Waals surface area contributed by atoms with Crippen molar-refractivity contribution in [2.45, 2.75) is 38.2 Å². The Morgan fingerprint density at radius 2 is 2.27 bits per heavy atom. The Kier molecular flexibility index (Phi) is 3.58. The lowest BCUT2D eigenvalue weighted by atomic mass is 10.0. The summed E-state index contributed by atoms with van der Waals surface area (Å²) in [6.45, 7) is 0.818. The van der Waals surface area contributed by atoms with Crippen molar-refractivity contribution < 1.29 is 14.0 Å². The molecule has 2 aliphatic rings. The number of rotatable bonds is 5. The van der Waals surface area contributed by atoms with Crippen LogP contribution in [0.1, 0.15) is 48.2 Å². The molecule has 0 spiro atoms. The summed E-state index contributed by atoms with van der Waals surface area (Å²) in [5.74, 6) is 2.89. The highest BCUT2D eigenvalue weighted by Gasteiger charge is 2.35. The summed E-state index contributed by atoms with van der Waals surface area (Å²) in [4.78, 5) is 4.52. The largest absolute Gasteiger partial charge is 0.493 e. The van der Waals surface area contributed by atoms with Gasteiger partial charge in [-0.25, -0.2) is 0 Å². The Hall–Kier alpha value is -1.88. The lowest BCUT2D eigenvalue weighted by molar-refractivity contribution is 0.0751. The molecule has 1 unspecified atom stereocenters. The Labute approximate surface area is 129 Å². The molecular weight excluding hydrogens is 280 g/mol. The van der Waals surface area contributed by atoms with Crippen LogP contribution in [0.25, 0.3) is 0 Å². The molecule has 0 saturated heterocycles. The van der Waals surface area contributed by atoms with Crippen molar-refractivity contribution in [1.82, 2.24) is 10.1 Å². The first kappa shape index (κ1) is 13.8. The summed E-state index contributed by atoms with van der Waals surface area (Å²) in [7, 11) is 1.71. The second kappa shape index (κ2) is 5.72. The van der Waals surface area contributed by atoms with Crippen LogP contribution >= 0.6 is 0 Å². The Balaban J connectivity index is 1.50. The zero-order valence-corrected chi connectivity index (χ0v) is 12.7. The van der Waals surface area contributed by atoms with Crippen LogP contribution < -0.4 is 4.74 Å². The molecule has 1 aromatic carbocycles. The van der Waals surface area contributed by atoms with E-state index in [-0.39, 0.29) is 6.10 Å². The topological polar surface area (TPSA) is 57.4 Å². The zero-order valence-electron chi connectivity index (χ0n) is 12.7. The first-order valence-corrected chi connectivity index (χ1v) is 7.93. The fraction of sp³-hybridized carbons (Fsp3) is 0.529. The third-order valence-corrected chi connectivity index (χ3v) is 4.37. The van der Waals surface area contributed by atoms with Crippen molar-refractivity contribution >= 4 is 0 Å². The number of methoxy groups -OCH3 is 1. The smallest absolute Gasteiger partial charge is 0.231 e. The molecule has 0 amide bonds. The molecule has 2 heterocycles. The Bertz CT molecular complexity index is 664. The van der Waals surface area contributed by atoms with Crippen LogP contribution in [0.4, 0.5) is 0 Å². The summed E-state index contributed by atoms with van der Waals surface area (Å²) < 4.78 is 16.5. The molecule has 0 radical (unpaired) electrons. The van der Waals surface area contributed by atoms with E-state index in [1.54, 1.807) is 7.11 Å². The van der Waals surface area contributed by atoms with E-state index in [1.807, 2.05) is 6.07 Å². The van der Waals surface area contributed by atoms with Gasteiger partial charge in [-0.3, -0.25) is 0 Å². The van der Waals surface area contributed by atoms with Crippen LogP contribution in [-0.4, -0.2) is 23.9 Å². The van der Waals surface area contributed by atoms with Gasteiger partial charge in [0.05, 0.1) is 13.0 Å². The standard InChI is InChI=1S/C17H20N2O3/c1-20-16(12-5-6-12)17-18-15(22-19-17)10-11-4-7-14-13(9-11)3-2-8-21-14/h4,7,9,12,16H,2-3,5-6,8,10H2,1H3. The van der Waals surface area contributed by atoms with Gasteiger partial charge in [0, 0.05) is 7.11 Å². The number of aryl methyl sites for hydroxylation is 1. The Morgan fingerprint density at radius 1 is 1.36 bits per heavy atom. The van der Waals surface area contributed by atoms with Crippen LogP contribution in [-0.2, 0) is 17.6 Å². The first-order chi connectivity index (χ1) is 10.8. The monoisotopic (exact) mass is 300 g/mol. The number of fused-ring (bicyclic) bond motifs is 1. The third-order valence-electron chi connectivity index (χ3n) is 4.37. The minimum Gasteiger partial charge on any atom is -0.493 e. The summed E-state index contributed by atoms with van der Waals surface area (Å²) in [5.41, 5.74) is 2.45.